The molecule has 0 heterocycles. The first-order valence-electron chi connectivity index (χ1n) is 4.50. The molecule has 0 amide bonds. The molecule has 0 saturated heterocycles. The summed E-state index contributed by atoms with van der Waals surface area (Å²) in [4.78, 5) is 22.3. The Bertz CT molecular complexity index is 405. The molecule has 0 radical (unpaired) electrons. The number of methoxy groups -OCH3 is 1. The fourth-order valence-electron chi connectivity index (χ4n) is 1.11. The molecule has 0 aliphatic carbocycles. The molecule has 3 heteroatoms. The third-order valence-corrected chi connectivity index (χ3v) is 1.87. The molecule has 0 saturated carbocycles. The highest BCUT2D eigenvalue weighted by molar-refractivity contribution is 6.07. The largest absolute Gasteiger partial charge is 0.466 e. The first kappa shape index (κ1) is 11.2. The van der Waals surface area contributed by atoms with Crippen LogP contribution in [0, 0.1) is 6.92 Å². The number of aryl methyl sites for hydroxylation is 1. The maximum atomic E-state index is 11.5. The minimum atomic E-state index is -0.531. The van der Waals surface area contributed by atoms with Gasteiger partial charge in [0.25, 0.3) is 0 Å². The van der Waals surface area contributed by atoms with E-state index >= 15 is 0 Å². The van der Waals surface area contributed by atoms with Crippen molar-refractivity contribution in [3.8, 4) is 0 Å². The van der Waals surface area contributed by atoms with Crippen molar-refractivity contribution in [2.24, 2.45) is 0 Å². The number of ketones is 1. The molecule has 0 unspecified atom stereocenters. The lowest BCUT2D eigenvalue weighted by molar-refractivity contribution is -0.134. The van der Waals surface area contributed by atoms with Gasteiger partial charge in [0.05, 0.1) is 7.11 Å². The normalized spacial score (nSPS) is 10.3. The second-order valence-electron chi connectivity index (χ2n) is 3.09. The van der Waals surface area contributed by atoms with Gasteiger partial charge in [-0.15, -0.1) is 0 Å². The van der Waals surface area contributed by atoms with Gasteiger partial charge in [-0.1, -0.05) is 23.8 Å². The second-order valence-corrected chi connectivity index (χ2v) is 3.09. The molecule has 1 aromatic rings. The van der Waals surface area contributed by atoms with Crippen molar-refractivity contribution in [2.45, 2.75) is 6.92 Å². The fourth-order valence-corrected chi connectivity index (χ4v) is 1.11. The van der Waals surface area contributed by atoms with Gasteiger partial charge >= 0.3 is 5.97 Å². The number of hydrogen-bond acceptors (Lipinski definition) is 3. The van der Waals surface area contributed by atoms with Gasteiger partial charge in [0, 0.05) is 11.6 Å². The lowest BCUT2D eigenvalue weighted by atomic mass is 10.1. The summed E-state index contributed by atoms with van der Waals surface area (Å²) in [7, 11) is 1.27. The molecular formula is C12H12O3. The third kappa shape index (κ3) is 3.38. The number of carbonyl (C=O) groups excluding carboxylic acids is 2. The lowest BCUT2D eigenvalue weighted by Crippen LogP contribution is -1.99. The van der Waals surface area contributed by atoms with Crippen LogP contribution in [0.3, 0.4) is 0 Å². The zero-order valence-corrected chi connectivity index (χ0v) is 8.69. The van der Waals surface area contributed by atoms with Gasteiger partial charge in [-0.05, 0) is 19.1 Å². The van der Waals surface area contributed by atoms with E-state index in [1.165, 1.54) is 13.2 Å². The number of rotatable bonds is 3. The zero-order chi connectivity index (χ0) is 11.3. The molecule has 78 valence electrons. The van der Waals surface area contributed by atoms with Gasteiger partial charge in [0.15, 0.2) is 5.78 Å². The predicted molar refractivity (Wildman–Crippen MR) is 56.7 cm³/mol. The minimum absolute atomic E-state index is 0.205. The van der Waals surface area contributed by atoms with E-state index in [1.807, 2.05) is 13.0 Å². The quantitative estimate of drug-likeness (QED) is 0.429. The minimum Gasteiger partial charge on any atom is -0.466 e. The van der Waals surface area contributed by atoms with E-state index in [0.717, 1.165) is 11.6 Å². The van der Waals surface area contributed by atoms with E-state index in [9.17, 15) is 9.59 Å². The summed E-state index contributed by atoms with van der Waals surface area (Å²) < 4.78 is 4.38. The summed E-state index contributed by atoms with van der Waals surface area (Å²) in [5, 5.41) is 0. The van der Waals surface area contributed by atoms with Crippen LogP contribution in [-0.4, -0.2) is 18.9 Å². The van der Waals surface area contributed by atoms with Crippen LogP contribution in [0.4, 0.5) is 0 Å². The number of benzene rings is 1. The molecule has 0 fully saturated rings. The zero-order valence-electron chi connectivity index (χ0n) is 8.69. The maximum Gasteiger partial charge on any atom is 0.330 e. The van der Waals surface area contributed by atoms with Crippen molar-refractivity contribution in [1.29, 1.82) is 0 Å². The molecule has 0 atom stereocenters. The molecule has 0 bridgehead atoms. The summed E-state index contributed by atoms with van der Waals surface area (Å²) in [6.45, 7) is 1.90. The SMILES string of the molecule is COC(=O)/C=C/C(=O)c1cccc(C)c1. The van der Waals surface area contributed by atoms with Crippen LogP contribution in [0.5, 0.6) is 0 Å². The van der Waals surface area contributed by atoms with Crippen molar-refractivity contribution in [3.05, 3.63) is 47.5 Å². The van der Waals surface area contributed by atoms with Crippen LogP contribution in [0.2, 0.25) is 0 Å². The monoisotopic (exact) mass is 204 g/mol. The van der Waals surface area contributed by atoms with Crippen molar-refractivity contribution in [2.75, 3.05) is 7.11 Å². The van der Waals surface area contributed by atoms with Gasteiger partial charge in [0.1, 0.15) is 0 Å². The van der Waals surface area contributed by atoms with Crippen LogP contribution in [0.25, 0.3) is 0 Å². The van der Waals surface area contributed by atoms with Crippen LogP contribution >= 0.6 is 0 Å². The Morgan fingerprint density at radius 2 is 2.00 bits per heavy atom. The van der Waals surface area contributed by atoms with E-state index in [4.69, 9.17) is 0 Å². The summed E-state index contributed by atoms with van der Waals surface area (Å²) in [6, 6.07) is 7.18. The average molecular weight is 204 g/mol. The number of allylic oxidation sites excluding steroid dienone is 1. The number of carbonyl (C=O) groups is 2. The fraction of sp³-hybridized carbons (Fsp3) is 0.167. The molecule has 0 N–H and O–H groups in total. The average Bonchev–Trinajstić information content (AvgIpc) is 2.25. The highest BCUT2D eigenvalue weighted by Crippen LogP contribution is 2.05. The smallest absolute Gasteiger partial charge is 0.330 e. The van der Waals surface area contributed by atoms with Gasteiger partial charge in [0.2, 0.25) is 0 Å². The van der Waals surface area contributed by atoms with Gasteiger partial charge in [-0.2, -0.15) is 0 Å². The molecule has 1 rings (SSSR count). The van der Waals surface area contributed by atoms with E-state index < -0.39 is 5.97 Å². The molecule has 3 nitrogen and oxygen atoms in total. The molecule has 15 heavy (non-hydrogen) atoms. The number of hydrogen-bond donors (Lipinski definition) is 0. The topological polar surface area (TPSA) is 43.4 Å². The van der Waals surface area contributed by atoms with E-state index in [2.05, 4.69) is 4.74 Å². The van der Waals surface area contributed by atoms with Crippen LogP contribution in [0.1, 0.15) is 15.9 Å². The van der Waals surface area contributed by atoms with Crippen molar-refractivity contribution in [1.82, 2.24) is 0 Å². The van der Waals surface area contributed by atoms with Crippen LogP contribution in [-0.2, 0) is 9.53 Å². The Labute approximate surface area is 88.4 Å². The van der Waals surface area contributed by atoms with Crippen molar-refractivity contribution < 1.29 is 14.3 Å². The first-order chi connectivity index (χ1) is 7.13. The summed E-state index contributed by atoms with van der Waals surface area (Å²) in [5.41, 5.74) is 1.57. The molecule has 1 aromatic carbocycles. The molecule has 0 aliphatic heterocycles. The molecule has 0 spiro atoms. The summed E-state index contributed by atoms with van der Waals surface area (Å²) in [5.74, 6) is -0.736. The summed E-state index contributed by atoms with van der Waals surface area (Å²) in [6.07, 6.45) is 2.32. The van der Waals surface area contributed by atoms with Crippen LogP contribution < -0.4 is 0 Å². The predicted octanol–water partition coefficient (Wildman–Crippen LogP) is 1.91. The third-order valence-electron chi connectivity index (χ3n) is 1.87. The van der Waals surface area contributed by atoms with Crippen LogP contribution in [0.15, 0.2) is 36.4 Å². The molecule has 0 aromatic heterocycles. The second kappa shape index (κ2) is 5.10. The Kier molecular flexibility index (Phi) is 3.80. The Morgan fingerprint density at radius 3 is 2.60 bits per heavy atom. The lowest BCUT2D eigenvalue weighted by Gasteiger charge is -1.96. The first-order valence-corrected chi connectivity index (χ1v) is 4.50. The van der Waals surface area contributed by atoms with E-state index in [1.54, 1.807) is 18.2 Å². The van der Waals surface area contributed by atoms with Gasteiger partial charge in [-0.3, -0.25) is 4.79 Å². The molecular weight excluding hydrogens is 192 g/mol. The Morgan fingerprint density at radius 1 is 1.27 bits per heavy atom. The standard InChI is InChI=1S/C12H12O3/c1-9-4-3-5-10(8-9)11(13)6-7-12(14)15-2/h3-8H,1-2H3/b7-6+. The highest BCUT2D eigenvalue weighted by atomic mass is 16.5. The van der Waals surface area contributed by atoms with Gasteiger partial charge < -0.3 is 4.74 Å². The number of esters is 1. The van der Waals surface area contributed by atoms with Crippen molar-refractivity contribution >= 4 is 11.8 Å². The molecule has 0 aliphatic rings. The Hall–Kier alpha value is -1.90. The van der Waals surface area contributed by atoms with E-state index in [0.29, 0.717) is 5.56 Å². The number of ether oxygens (including phenoxy) is 1. The Balaban J connectivity index is 2.78. The highest BCUT2D eigenvalue weighted by Gasteiger charge is 2.02. The van der Waals surface area contributed by atoms with E-state index in [-0.39, 0.29) is 5.78 Å². The van der Waals surface area contributed by atoms with Crippen molar-refractivity contribution in [3.63, 3.8) is 0 Å². The van der Waals surface area contributed by atoms with Gasteiger partial charge in [-0.25, -0.2) is 4.79 Å². The summed E-state index contributed by atoms with van der Waals surface area (Å²) >= 11 is 0. The maximum absolute atomic E-state index is 11.5.